The van der Waals surface area contributed by atoms with Crippen LogP contribution in [0.25, 0.3) is 0 Å². The van der Waals surface area contributed by atoms with Crippen molar-refractivity contribution < 1.29 is 4.63 Å². The van der Waals surface area contributed by atoms with Crippen LogP contribution in [0.1, 0.15) is 28.9 Å². The first-order chi connectivity index (χ1) is 8.33. The van der Waals surface area contributed by atoms with Gasteiger partial charge in [0.15, 0.2) is 0 Å². The van der Waals surface area contributed by atoms with E-state index in [1.54, 1.807) is 0 Å². The Morgan fingerprint density at radius 1 is 1.24 bits per heavy atom. The predicted octanol–water partition coefficient (Wildman–Crippen LogP) is 2.48. The fraction of sp³-hybridized carbons (Fsp3) is 0.385. The smallest absolute Gasteiger partial charge is 0.127 e. The highest BCUT2D eigenvalue weighted by Crippen LogP contribution is 2.25. The molecule has 88 valence electrons. The molecule has 0 amide bonds. The Labute approximate surface area is 100.0 Å². The molecular formula is C13H15N3O. The maximum absolute atomic E-state index is 4.67. The largest absolute Gasteiger partial charge is 0.379 e. The standard InChI is InChI=1S/C13H15N3O/c1-9-13(16-17-15-9)8-14-12-6-5-10-3-2-4-11(10)7-12/h5-7,14H,2-4,8H2,1H3. The molecule has 1 aromatic carbocycles. The number of aromatic nitrogens is 2. The summed E-state index contributed by atoms with van der Waals surface area (Å²) in [7, 11) is 0. The monoisotopic (exact) mass is 229 g/mol. The van der Waals surface area contributed by atoms with E-state index in [2.05, 4.69) is 38.5 Å². The van der Waals surface area contributed by atoms with Crippen molar-refractivity contribution in [3.8, 4) is 0 Å². The lowest BCUT2D eigenvalue weighted by atomic mass is 10.1. The van der Waals surface area contributed by atoms with E-state index in [4.69, 9.17) is 0 Å². The molecule has 17 heavy (non-hydrogen) atoms. The lowest BCUT2D eigenvalue weighted by molar-refractivity contribution is 0.301. The maximum atomic E-state index is 4.67. The molecule has 0 aliphatic heterocycles. The summed E-state index contributed by atoms with van der Waals surface area (Å²) in [6.07, 6.45) is 3.71. The van der Waals surface area contributed by atoms with Crippen molar-refractivity contribution in [2.24, 2.45) is 0 Å². The van der Waals surface area contributed by atoms with Crippen LogP contribution >= 0.6 is 0 Å². The van der Waals surface area contributed by atoms with Crippen molar-refractivity contribution in [2.75, 3.05) is 5.32 Å². The van der Waals surface area contributed by atoms with Crippen LogP contribution in [0.4, 0.5) is 5.69 Å². The Morgan fingerprint density at radius 3 is 2.94 bits per heavy atom. The highest BCUT2D eigenvalue weighted by atomic mass is 16.6. The van der Waals surface area contributed by atoms with Gasteiger partial charge in [0.2, 0.25) is 0 Å². The number of benzene rings is 1. The molecule has 1 aromatic heterocycles. The van der Waals surface area contributed by atoms with E-state index in [0.717, 1.165) is 17.1 Å². The second kappa shape index (κ2) is 4.20. The van der Waals surface area contributed by atoms with Crippen LogP contribution in [0.3, 0.4) is 0 Å². The minimum atomic E-state index is 0.661. The summed E-state index contributed by atoms with van der Waals surface area (Å²) < 4.78 is 4.67. The quantitative estimate of drug-likeness (QED) is 0.878. The summed E-state index contributed by atoms with van der Waals surface area (Å²) in [5.74, 6) is 0. The lowest BCUT2D eigenvalue weighted by Gasteiger charge is -2.06. The molecule has 4 nitrogen and oxygen atoms in total. The van der Waals surface area contributed by atoms with E-state index >= 15 is 0 Å². The molecule has 0 saturated heterocycles. The molecule has 1 aliphatic carbocycles. The summed E-state index contributed by atoms with van der Waals surface area (Å²) in [5.41, 5.74) is 5.83. The Morgan fingerprint density at radius 2 is 2.12 bits per heavy atom. The zero-order valence-corrected chi connectivity index (χ0v) is 9.86. The second-order valence-corrected chi connectivity index (χ2v) is 4.49. The van der Waals surface area contributed by atoms with Crippen LogP contribution in [0.15, 0.2) is 22.8 Å². The van der Waals surface area contributed by atoms with Crippen molar-refractivity contribution in [1.29, 1.82) is 0 Å². The first-order valence-corrected chi connectivity index (χ1v) is 5.96. The number of fused-ring (bicyclic) bond motifs is 1. The minimum Gasteiger partial charge on any atom is -0.379 e. The Hall–Kier alpha value is -1.84. The summed E-state index contributed by atoms with van der Waals surface area (Å²) in [6.45, 7) is 2.56. The molecule has 4 heteroatoms. The molecule has 1 aliphatic rings. The van der Waals surface area contributed by atoms with Gasteiger partial charge in [0, 0.05) is 5.69 Å². The average molecular weight is 229 g/mol. The van der Waals surface area contributed by atoms with Crippen LogP contribution < -0.4 is 5.32 Å². The van der Waals surface area contributed by atoms with E-state index < -0.39 is 0 Å². The van der Waals surface area contributed by atoms with Gasteiger partial charge in [-0.3, -0.25) is 0 Å². The number of rotatable bonds is 3. The highest BCUT2D eigenvalue weighted by Gasteiger charge is 2.11. The molecule has 1 N–H and O–H groups in total. The summed E-state index contributed by atoms with van der Waals surface area (Å²) in [5, 5.41) is 11.0. The van der Waals surface area contributed by atoms with Gasteiger partial charge in [-0.1, -0.05) is 16.4 Å². The molecule has 0 saturated carbocycles. The third kappa shape index (κ3) is 2.02. The number of aryl methyl sites for hydroxylation is 3. The molecule has 2 aromatic rings. The second-order valence-electron chi connectivity index (χ2n) is 4.49. The zero-order valence-electron chi connectivity index (χ0n) is 9.86. The molecule has 0 bridgehead atoms. The number of nitrogens with zero attached hydrogens (tertiary/aromatic N) is 2. The first kappa shape index (κ1) is 10.3. The summed E-state index contributed by atoms with van der Waals surface area (Å²) >= 11 is 0. The maximum Gasteiger partial charge on any atom is 0.127 e. The zero-order chi connectivity index (χ0) is 11.7. The third-order valence-electron chi connectivity index (χ3n) is 3.30. The van der Waals surface area contributed by atoms with Crippen molar-refractivity contribution in [3.05, 3.63) is 40.7 Å². The number of hydrogen-bond donors (Lipinski definition) is 1. The minimum absolute atomic E-state index is 0.661. The van der Waals surface area contributed by atoms with E-state index in [1.807, 2.05) is 6.92 Å². The van der Waals surface area contributed by atoms with Crippen LogP contribution in [-0.2, 0) is 19.4 Å². The van der Waals surface area contributed by atoms with Gasteiger partial charge in [-0.2, -0.15) is 0 Å². The van der Waals surface area contributed by atoms with Crippen molar-refractivity contribution >= 4 is 5.69 Å². The predicted molar refractivity (Wildman–Crippen MR) is 64.8 cm³/mol. The van der Waals surface area contributed by atoms with Crippen LogP contribution in [-0.4, -0.2) is 10.3 Å². The SMILES string of the molecule is Cc1nonc1CNc1ccc2c(c1)CCC2. The molecule has 0 unspecified atom stereocenters. The molecule has 3 rings (SSSR count). The van der Waals surface area contributed by atoms with Crippen molar-refractivity contribution in [1.82, 2.24) is 10.3 Å². The van der Waals surface area contributed by atoms with Gasteiger partial charge in [0.25, 0.3) is 0 Å². The third-order valence-corrected chi connectivity index (χ3v) is 3.30. The van der Waals surface area contributed by atoms with Gasteiger partial charge in [-0.25, -0.2) is 4.63 Å². The van der Waals surface area contributed by atoms with Crippen molar-refractivity contribution in [3.63, 3.8) is 0 Å². The van der Waals surface area contributed by atoms with E-state index in [9.17, 15) is 0 Å². The van der Waals surface area contributed by atoms with E-state index in [-0.39, 0.29) is 0 Å². The first-order valence-electron chi connectivity index (χ1n) is 5.96. The molecule has 0 spiro atoms. The van der Waals surface area contributed by atoms with Gasteiger partial charge in [0.05, 0.1) is 6.54 Å². The van der Waals surface area contributed by atoms with Gasteiger partial charge in [0.1, 0.15) is 11.4 Å². The van der Waals surface area contributed by atoms with E-state index in [0.29, 0.717) is 6.54 Å². The summed E-state index contributed by atoms with van der Waals surface area (Å²) in [6, 6.07) is 6.59. The average Bonchev–Trinajstić information content (AvgIpc) is 2.94. The molecule has 0 fully saturated rings. The van der Waals surface area contributed by atoms with E-state index in [1.165, 1.54) is 30.4 Å². The Kier molecular flexibility index (Phi) is 2.55. The molecule has 0 atom stereocenters. The normalized spacial score (nSPS) is 13.7. The fourth-order valence-corrected chi connectivity index (χ4v) is 2.28. The number of hydrogen-bond acceptors (Lipinski definition) is 4. The number of nitrogens with one attached hydrogen (secondary N) is 1. The van der Waals surface area contributed by atoms with Gasteiger partial charge < -0.3 is 5.32 Å². The fourth-order valence-electron chi connectivity index (χ4n) is 2.28. The topological polar surface area (TPSA) is 51.0 Å². The van der Waals surface area contributed by atoms with Crippen LogP contribution in [0.2, 0.25) is 0 Å². The van der Waals surface area contributed by atoms with Gasteiger partial charge in [-0.15, -0.1) is 0 Å². The van der Waals surface area contributed by atoms with Crippen molar-refractivity contribution in [2.45, 2.75) is 32.7 Å². The summed E-state index contributed by atoms with van der Waals surface area (Å²) in [4.78, 5) is 0. The molecule has 0 radical (unpaired) electrons. The Bertz CT molecular complexity index is 533. The number of anilines is 1. The molecular weight excluding hydrogens is 214 g/mol. The lowest BCUT2D eigenvalue weighted by Crippen LogP contribution is -2.01. The Balaban J connectivity index is 1.72. The highest BCUT2D eigenvalue weighted by molar-refractivity contribution is 5.50. The van der Waals surface area contributed by atoms with Gasteiger partial charge in [-0.05, 0) is 49.4 Å². The van der Waals surface area contributed by atoms with Crippen LogP contribution in [0, 0.1) is 6.92 Å². The van der Waals surface area contributed by atoms with Crippen LogP contribution in [0.5, 0.6) is 0 Å². The molecule has 1 heterocycles. The van der Waals surface area contributed by atoms with Gasteiger partial charge >= 0.3 is 0 Å².